The molecule has 1 saturated heterocycles. The summed E-state index contributed by atoms with van der Waals surface area (Å²) < 4.78 is 5.30. The van der Waals surface area contributed by atoms with Gasteiger partial charge in [0.05, 0.1) is 0 Å². The van der Waals surface area contributed by atoms with Crippen LogP contribution in [0, 0.1) is 11.3 Å². The first-order chi connectivity index (χ1) is 5.85. The van der Waals surface area contributed by atoms with Gasteiger partial charge in [-0.3, -0.25) is 0 Å². The van der Waals surface area contributed by atoms with Gasteiger partial charge in [-0.2, -0.15) is 0 Å². The molecule has 1 heterocycles. The Morgan fingerprint density at radius 3 is 2.75 bits per heavy atom. The molecule has 0 aromatic rings. The van der Waals surface area contributed by atoms with E-state index < -0.39 is 0 Å². The number of hydrogen-bond donors (Lipinski definition) is 0. The van der Waals surface area contributed by atoms with E-state index in [4.69, 9.17) is 4.74 Å². The van der Waals surface area contributed by atoms with Crippen molar-refractivity contribution in [2.24, 2.45) is 11.3 Å². The third-order valence-corrected chi connectivity index (χ3v) is 3.32. The standard InChI is InChI=1S/C10H16O2/c11-8-10(3-1-4-10)6-9-2-5-12-7-9/h8-9H,1-7H2. The number of carbonyl (C=O) groups excluding carboxylic acids is 1. The number of aldehydes is 1. The molecule has 2 rings (SSSR count). The molecule has 1 unspecified atom stereocenters. The van der Waals surface area contributed by atoms with Crippen LogP contribution < -0.4 is 0 Å². The summed E-state index contributed by atoms with van der Waals surface area (Å²) in [5.74, 6) is 0.662. The van der Waals surface area contributed by atoms with Crippen LogP contribution in [0.15, 0.2) is 0 Å². The van der Waals surface area contributed by atoms with Crippen molar-refractivity contribution in [2.75, 3.05) is 13.2 Å². The summed E-state index contributed by atoms with van der Waals surface area (Å²) in [6.45, 7) is 1.79. The van der Waals surface area contributed by atoms with Gasteiger partial charge in [0, 0.05) is 18.6 Å². The zero-order valence-electron chi connectivity index (χ0n) is 7.42. The molecular formula is C10H16O2. The van der Waals surface area contributed by atoms with Crippen molar-refractivity contribution >= 4 is 6.29 Å². The highest BCUT2D eigenvalue weighted by Gasteiger charge is 2.39. The second-order valence-electron chi connectivity index (χ2n) is 4.27. The van der Waals surface area contributed by atoms with Gasteiger partial charge in [0.15, 0.2) is 0 Å². The molecule has 0 aromatic heterocycles. The van der Waals surface area contributed by atoms with Gasteiger partial charge in [-0.1, -0.05) is 6.42 Å². The van der Waals surface area contributed by atoms with E-state index >= 15 is 0 Å². The number of ether oxygens (including phenoxy) is 1. The highest BCUT2D eigenvalue weighted by atomic mass is 16.5. The van der Waals surface area contributed by atoms with Crippen LogP contribution >= 0.6 is 0 Å². The molecule has 1 aliphatic heterocycles. The van der Waals surface area contributed by atoms with E-state index in [1.165, 1.54) is 12.7 Å². The van der Waals surface area contributed by atoms with E-state index in [0.29, 0.717) is 5.92 Å². The van der Waals surface area contributed by atoms with Crippen molar-refractivity contribution in [2.45, 2.75) is 32.1 Å². The predicted octanol–water partition coefficient (Wildman–Crippen LogP) is 1.78. The minimum absolute atomic E-state index is 0.0678. The van der Waals surface area contributed by atoms with Gasteiger partial charge >= 0.3 is 0 Å². The summed E-state index contributed by atoms with van der Waals surface area (Å²) in [7, 11) is 0. The number of carbonyl (C=O) groups is 1. The molecule has 2 aliphatic rings. The Morgan fingerprint density at radius 2 is 2.33 bits per heavy atom. The minimum atomic E-state index is 0.0678. The molecule has 2 nitrogen and oxygen atoms in total. The molecule has 68 valence electrons. The summed E-state index contributed by atoms with van der Waals surface area (Å²) in [6.07, 6.45) is 6.91. The smallest absolute Gasteiger partial charge is 0.126 e. The molecule has 0 spiro atoms. The molecule has 0 bridgehead atoms. The maximum atomic E-state index is 10.9. The third kappa shape index (κ3) is 1.40. The van der Waals surface area contributed by atoms with Crippen LogP contribution in [0.2, 0.25) is 0 Å². The molecule has 0 aromatic carbocycles. The largest absolute Gasteiger partial charge is 0.381 e. The summed E-state index contributed by atoms with van der Waals surface area (Å²) in [5, 5.41) is 0. The molecule has 0 N–H and O–H groups in total. The lowest BCUT2D eigenvalue weighted by atomic mass is 9.65. The second-order valence-corrected chi connectivity index (χ2v) is 4.27. The highest BCUT2D eigenvalue weighted by molar-refractivity contribution is 5.60. The minimum Gasteiger partial charge on any atom is -0.381 e. The monoisotopic (exact) mass is 168 g/mol. The summed E-state index contributed by atoms with van der Waals surface area (Å²) in [4.78, 5) is 10.9. The molecule has 0 radical (unpaired) electrons. The van der Waals surface area contributed by atoms with E-state index in [0.717, 1.165) is 38.9 Å². The van der Waals surface area contributed by atoms with Gasteiger partial charge in [-0.25, -0.2) is 0 Å². The zero-order chi connectivity index (χ0) is 8.44. The first-order valence-corrected chi connectivity index (χ1v) is 4.89. The van der Waals surface area contributed by atoms with Crippen molar-refractivity contribution in [3.05, 3.63) is 0 Å². The van der Waals surface area contributed by atoms with Crippen LogP contribution in [-0.2, 0) is 9.53 Å². The first kappa shape index (κ1) is 8.24. The van der Waals surface area contributed by atoms with Gasteiger partial charge in [0.2, 0.25) is 0 Å². The van der Waals surface area contributed by atoms with E-state index in [2.05, 4.69) is 0 Å². The van der Waals surface area contributed by atoms with Crippen LogP contribution in [0.4, 0.5) is 0 Å². The van der Waals surface area contributed by atoms with Gasteiger partial charge in [0.1, 0.15) is 6.29 Å². The average molecular weight is 168 g/mol. The van der Waals surface area contributed by atoms with Crippen LogP contribution in [0.25, 0.3) is 0 Å². The van der Waals surface area contributed by atoms with E-state index in [-0.39, 0.29) is 5.41 Å². The number of rotatable bonds is 3. The quantitative estimate of drug-likeness (QED) is 0.600. The van der Waals surface area contributed by atoms with Crippen molar-refractivity contribution in [3.63, 3.8) is 0 Å². The topological polar surface area (TPSA) is 26.3 Å². The molecule has 1 atom stereocenters. The van der Waals surface area contributed by atoms with Crippen molar-refractivity contribution < 1.29 is 9.53 Å². The van der Waals surface area contributed by atoms with Crippen LogP contribution in [0.1, 0.15) is 32.1 Å². The Kier molecular flexibility index (Phi) is 2.18. The van der Waals surface area contributed by atoms with E-state index in [1.807, 2.05) is 0 Å². The molecule has 1 aliphatic carbocycles. The van der Waals surface area contributed by atoms with E-state index in [9.17, 15) is 4.79 Å². The SMILES string of the molecule is O=CC1(CC2CCOC2)CCC1. The lowest BCUT2D eigenvalue weighted by Gasteiger charge is -2.38. The lowest BCUT2D eigenvalue weighted by Crippen LogP contribution is -2.33. The normalized spacial score (nSPS) is 32.8. The fourth-order valence-electron chi connectivity index (χ4n) is 2.32. The van der Waals surface area contributed by atoms with Gasteiger partial charge in [-0.05, 0) is 31.6 Å². The van der Waals surface area contributed by atoms with Crippen LogP contribution in [-0.4, -0.2) is 19.5 Å². The Hall–Kier alpha value is -0.370. The molecule has 0 amide bonds. The van der Waals surface area contributed by atoms with Gasteiger partial charge < -0.3 is 9.53 Å². The molecular weight excluding hydrogens is 152 g/mol. The zero-order valence-corrected chi connectivity index (χ0v) is 7.42. The maximum Gasteiger partial charge on any atom is 0.126 e. The fourth-order valence-corrected chi connectivity index (χ4v) is 2.32. The maximum absolute atomic E-state index is 10.9. The molecule has 2 heteroatoms. The van der Waals surface area contributed by atoms with Crippen molar-refractivity contribution in [3.8, 4) is 0 Å². The molecule has 1 saturated carbocycles. The van der Waals surface area contributed by atoms with Crippen molar-refractivity contribution in [1.29, 1.82) is 0 Å². The Balaban J connectivity index is 1.87. The molecule has 2 fully saturated rings. The number of hydrogen-bond acceptors (Lipinski definition) is 2. The highest BCUT2D eigenvalue weighted by Crippen LogP contribution is 2.45. The summed E-state index contributed by atoms with van der Waals surface area (Å²) >= 11 is 0. The predicted molar refractivity (Wildman–Crippen MR) is 45.9 cm³/mol. The van der Waals surface area contributed by atoms with Crippen LogP contribution in [0.3, 0.4) is 0 Å². The van der Waals surface area contributed by atoms with Gasteiger partial charge in [0.25, 0.3) is 0 Å². The average Bonchev–Trinajstić information content (AvgIpc) is 2.49. The Morgan fingerprint density at radius 1 is 1.50 bits per heavy atom. The third-order valence-electron chi connectivity index (χ3n) is 3.32. The fraction of sp³-hybridized carbons (Fsp3) is 0.900. The van der Waals surface area contributed by atoms with E-state index in [1.54, 1.807) is 0 Å². The second kappa shape index (κ2) is 3.17. The first-order valence-electron chi connectivity index (χ1n) is 4.89. The Bertz CT molecular complexity index is 167. The lowest BCUT2D eigenvalue weighted by molar-refractivity contribution is -0.121. The van der Waals surface area contributed by atoms with Gasteiger partial charge in [-0.15, -0.1) is 0 Å². The summed E-state index contributed by atoms with van der Waals surface area (Å²) in [5.41, 5.74) is 0.0678. The van der Waals surface area contributed by atoms with Crippen LogP contribution in [0.5, 0.6) is 0 Å². The molecule has 12 heavy (non-hydrogen) atoms. The van der Waals surface area contributed by atoms with Crippen molar-refractivity contribution in [1.82, 2.24) is 0 Å². The Labute approximate surface area is 73.3 Å². The summed E-state index contributed by atoms with van der Waals surface area (Å²) in [6, 6.07) is 0.